The van der Waals surface area contributed by atoms with E-state index < -0.39 is 35.3 Å². The van der Waals surface area contributed by atoms with Gasteiger partial charge in [-0.3, -0.25) is 14.5 Å². The third-order valence-electron chi connectivity index (χ3n) is 4.65. The topological polar surface area (TPSA) is 160 Å². The number of furan rings is 1. The molecule has 1 aromatic heterocycles. The summed E-state index contributed by atoms with van der Waals surface area (Å²) in [7, 11) is 1.26. The number of alkyl halides is 1. The van der Waals surface area contributed by atoms with Crippen molar-refractivity contribution in [3.8, 4) is 0 Å². The summed E-state index contributed by atoms with van der Waals surface area (Å²) in [4.78, 5) is 54.8. The molecule has 12 nitrogen and oxygen atoms in total. The summed E-state index contributed by atoms with van der Waals surface area (Å²) < 4.78 is 10.2. The van der Waals surface area contributed by atoms with Crippen LogP contribution in [0.3, 0.4) is 0 Å². The predicted molar refractivity (Wildman–Crippen MR) is 117 cm³/mol. The van der Waals surface area contributed by atoms with Crippen LogP contribution in [0.4, 0.5) is 4.79 Å². The molecule has 0 spiro atoms. The van der Waals surface area contributed by atoms with Crippen molar-refractivity contribution >= 4 is 53.0 Å². The zero-order valence-corrected chi connectivity index (χ0v) is 19.0. The summed E-state index contributed by atoms with van der Waals surface area (Å²) in [5.41, 5.74) is -0.163. The number of aliphatic carboxylic acids is 1. The number of β-lactam (4-membered cyclic amide) rings is 1. The van der Waals surface area contributed by atoms with E-state index in [0.717, 1.165) is 4.90 Å². The molecule has 0 bridgehead atoms. The zero-order chi connectivity index (χ0) is 24.0. The number of nitrogens with zero attached hydrogens (tertiary/aromatic N) is 2. The third kappa shape index (κ3) is 5.42. The normalized spacial score (nSPS) is 20.0. The van der Waals surface area contributed by atoms with Crippen LogP contribution >= 0.6 is 23.4 Å². The van der Waals surface area contributed by atoms with E-state index in [1.54, 1.807) is 6.07 Å². The van der Waals surface area contributed by atoms with E-state index in [4.69, 9.17) is 20.8 Å². The van der Waals surface area contributed by atoms with Crippen molar-refractivity contribution < 1.29 is 38.3 Å². The summed E-state index contributed by atoms with van der Waals surface area (Å²) in [6, 6.07) is 2.09. The van der Waals surface area contributed by atoms with E-state index in [2.05, 4.69) is 20.6 Å². The molecule has 3 heterocycles. The molecule has 0 radical (unpaired) electrons. The Hall–Kier alpha value is -3.19. The number of carboxylic acid groups (broad SMARTS) is 1. The van der Waals surface area contributed by atoms with E-state index in [1.165, 1.54) is 31.2 Å². The maximum atomic E-state index is 12.7. The molecular weight excluding hydrogens is 480 g/mol. The molecule has 0 aliphatic carbocycles. The van der Waals surface area contributed by atoms with E-state index >= 15 is 0 Å². The van der Waals surface area contributed by atoms with E-state index in [1.807, 2.05) is 0 Å². The first-order chi connectivity index (χ1) is 15.9. The van der Waals surface area contributed by atoms with Crippen molar-refractivity contribution in [1.82, 2.24) is 15.5 Å². The fraction of sp³-hybridized carbons (Fsp3) is 0.421. The fourth-order valence-corrected chi connectivity index (χ4v) is 4.63. The summed E-state index contributed by atoms with van der Waals surface area (Å²) in [5, 5.41) is 17.7. The number of hydrogen-bond donors (Lipinski definition) is 3. The van der Waals surface area contributed by atoms with E-state index in [-0.39, 0.29) is 35.1 Å². The van der Waals surface area contributed by atoms with Crippen molar-refractivity contribution in [2.75, 3.05) is 31.9 Å². The predicted octanol–water partition coefficient (Wildman–Crippen LogP) is 0.724. The molecule has 3 rings (SSSR count). The number of ether oxygens (including phenoxy) is 1. The van der Waals surface area contributed by atoms with Crippen molar-refractivity contribution in [3.05, 3.63) is 35.4 Å². The van der Waals surface area contributed by atoms with Gasteiger partial charge in [0.15, 0.2) is 5.76 Å². The van der Waals surface area contributed by atoms with E-state index in [0.29, 0.717) is 18.8 Å². The largest absolute Gasteiger partial charge is 0.477 e. The molecule has 1 fully saturated rings. The summed E-state index contributed by atoms with van der Waals surface area (Å²) >= 11 is 6.78. The van der Waals surface area contributed by atoms with Gasteiger partial charge < -0.3 is 29.7 Å². The van der Waals surface area contributed by atoms with Crippen LogP contribution in [0.25, 0.3) is 0 Å². The van der Waals surface area contributed by atoms with Gasteiger partial charge in [0.2, 0.25) is 5.71 Å². The maximum Gasteiger partial charge on any atom is 0.407 e. The number of carbonyl (C=O) groups is 4. The number of fused-ring (bicyclic) bond motifs is 1. The Kier molecular flexibility index (Phi) is 8.22. The van der Waals surface area contributed by atoms with Crippen LogP contribution in [-0.2, 0) is 24.0 Å². The minimum atomic E-state index is -1.34. The van der Waals surface area contributed by atoms with Crippen LogP contribution in [0, 0.1) is 0 Å². The first-order valence-electron chi connectivity index (χ1n) is 9.71. The molecule has 0 saturated carbocycles. The number of nitrogens with one attached hydrogen (secondary N) is 2. The Morgan fingerprint density at radius 3 is 2.85 bits per heavy atom. The lowest BCUT2D eigenvalue weighted by Crippen LogP contribution is -2.71. The van der Waals surface area contributed by atoms with Crippen LogP contribution in [0.15, 0.2) is 39.2 Å². The fourth-order valence-electron chi connectivity index (χ4n) is 3.17. The average Bonchev–Trinajstić information content (AvgIpc) is 3.33. The molecule has 178 valence electrons. The van der Waals surface area contributed by atoms with Gasteiger partial charge in [0.25, 0.3) is 11.8 Å². The molecule has 3 amide bonds. The molecular formula is C19H21ClN4O8S. The second kappa shape index (κ2) is 11.1. The van der Waals surface area contributed by atoms with Gasteiger partial charge in [-0.25, -0.2) is 9.59 Å². The summed E-state index contributed by atoms with van der Waals surface area (Å²) in [6.45, 7) is 0.0281. The number of hydrogen-bond acceptors (Lipinski definition) is 9. The summed E-state index contributed by atoms with van der Waals surface area (Å²) in [6.07, 6.45) is 1.20. The lowest BCUT2D eigenvalue weighted by Gasteiger charge is -2.49. The Morgan fingerprint density at radius 1 is 1.42 bits per heavy atom. The number of halogens is 1. The van der Waals surface area contributed by atoms with Crippen molar-refractivity contribution in [3.63, 3.8) is 0 Å². The molecule has 2 aliphatic rings. The van der Waals surface area contributed by atoms with Gasteiger partial charge in [-0.1, -0.05) is 5.16 Å². The monoisotopic (exact) mass is 500 g/mol. The number of thioether (sulfide) groups is 1. The van der Waals surface area contributed by atoms with Crippen LogP contribution in [-0.4, -0.2) is 82.9 Å². The summed E-state index contributed by atoms with van der Waals surface area (Å²) in [5.74, 6) is -1.95. The van der Waals surface area contributed by atoms with Crippen LogP contribution in [0.5, 0.6) is 0 Å². The highest BCUT2D eigenvalue weighted by molar-refractivity contribution is 8.00. The lowest BCUT2D eigenvalue weighted by atomic mass is 10.0. The number of oxime groups is 1. The van der Waals surface area contributed by atoms with Crippen molar-refractivity contribution in [2.24, 2.45) is 5.16 Å². The molecule has 14 heteroatoms. The van der Waals surface area contributed by atoms with Gasteiger partial charge in [-0.05, 0) is 18.6 Å². The second-order valence-electron chi connectivity index (χ2n) is 6.76. The molecule has 2 atom stereocenters. The maximum absolute atomic E-state index is 12.7. The Morgan fingerprint density at radius 2 is 2.21 bits per heavy atom. The second-order valence-corrected chi connectivity index (χ2v) is 8.25. The standard InChI is InChI=1S/C19H21ClN4O8S/c1-30-23-12(11-4-2-7-31-11)15(25)22-13-16(26)24-14(18(27)28)10(9-33-17(13)24)8-32-19(29)21-6-3-5-20/h2,4,7,13,17H,3,5-6,8-9H2,1H3,(H,21,29)(H,22,25)(H,27,28)/t13-,17-/m1/s1. The molecule has 1 aromatic rings. The Bertz CT molecular complexity index is 980. The SMILES string of the molecule is CON=C(C(=O)N[C@@H]1C(=O)N2C(C(=O)O)=C(COC(=O)NCCCCl)CS[C@H]12)c1ccco1. The number of carbonyl (C=O) groups excluding carboxylic acids is 3. The lowest BCUT2D eigenvalue weighted by molar-refractivity contribution is -0.150. The Labute approximate surface area is 197 Å². The van der Waals surface area contributed by atoms with Gasteiger partial charge >= 0.3 is 12.1 Å². The van der Waals surface area contributed by atoms with Crippen molar-refractivity contribution in [1.29, 1.82) is 0 Å². The number of amides is 3. The van der Waals surface area contributed by atoms with Crippen LogP contribution in [0.1, 0.15) is 12.2 Å². The van der Waals surface area contributed by atoms with Gasteiger partial charge in [0.05, 0.1) is 6.26 Å². The quantitative estimate of drug-likeness (QED) is 0.138. The minimum absolute atomic E-state index is 0.143. The molecule has 1 saturated heterocycles. The molecule has 0 aromatic carbocycles. The highest BCUT2D eigenvalue weighted by Gasteiger charge is 2.54. The highest BCUT2D eigenvalue weighted by Crippen LogP contribution is 2.40. The molecule has 3 N–H and O–H groups in total. The molecule has 33 heavy (non-hydrogen) atoms. The first kappa shape index (κ1) is 24.5. The van der Waals surface area contributed by atoms with Crippen molar-refractivity contribution in [2.45, 2.75) is 17.8 Å². The van der Waals surface area contributed by atoms with Gasteiger partial charge in [0.1, 0.15) is 30.8 Å². The third-order valence-corrected chi connectivity index (χ3v) is 6.25. The molecule has 0 unspecified atom stereocenters. The smallest absolute Gasteiger partial charge is 0.407 e. The van der Waals surface area contributed by atoms with Crippen LogP contribution < -0.4 is 10.6 Å². The number of alkyl carbamates (subject to hydrolysis) is 1. The first-order valence-corrected chi connectivity index (χ1v) is 11.3. The van der Waals surface area contributed by atoms with Gasteiger partial charge in [-0.2, -0.15) is 0 Å². The minimum Gasteiger partial charge on any atom is -0.477 e. The highest BCUT2D eigenvalue weighted by atomic mass is 35.5. The Balaban J connectivity index is 1.68. The zero-order valence-electron chi connectivity index (χ0n) is 17.4. The number of carboxylic acids is 1. The van der Waals surface area contributed by atoms with Gasteiger partial charge in [0, 0.05) is 23.8 Å². The van der Waals surface area contributed by atoms with Crippen LogP contribution in [0.2, 0.25) is 0 Å². The number of rotatable bonds is 10. The average molecular weight is 501 g/mol. The van der Waals surface area contributed by atoms with Gasteiger partial charge in [-0.15, -0.1) is 23.4 Å². The van der Waals surface area contributed by atoms with E-state index in [9.17, 15) is 24.3 Å². The molecule has 2 aliphatic heterocycles.